The fraction of sp³-hybridized carbons (Fsp3) is 0.407. The zero-order chi connectivity index (χ0) is 24.4. The van der Waals surface area contributed by atoms with E-state index in [1.807, 2.05) is 50.2 Å². The highest BCUT2D eigenvalue weighted by Gasteiger charge is 2.49. The number of hydrogen-bond donors (Lipinski definition) is 1. The molecule has 1 saturated heterocycles. The standard InChI is InChI=1S/C27H31ClN2O4/c1-4-34-20-14-15-22(28)21(16-20)25(31)23-24(17-10-12-18(13-11-17)29(2)3)30(27(33)26(23)32)19-8-6-5-7-9-19/h10-16,19,24,31H,4-9H2,1-3H3/b25-23+. The Morgan fingerprint density at radius 3 is 2.38 bits per heavy atom. The Kier molecular flexibility index (Phi) is 7.17. The number of halogens is 1. The summed E-state index contributed by atoms with van der Waals surface area (Å²) in [5.41, 5.74) is 2.15. The summed E-state index contributed by atoms with van der Waals surface area (Å²) in [4.78, 5) is 30.4. The number of benzene rings is 2. The Morgan fingerprint density at radius 2 is 1.76 bits per heavy atom. The SMILES string of the molecule is CCOc1ccc(Cl)c(/C(O)=C2\C(=O)C(=O)N(C3CCCCC3)C2c2ccc(N(C)C)cc2)c1. The maximum absolute atomic E-state index is 13.4. The van der Waals surface area contributed by atoms with E-state index in [1.165, 1.54) is 0 Å². The van der Waals surface area contributed by atoms with Gasteiger partial charge in [0.2, 0.25) is 0 Å². The van der Waals surface area contributed by atoms with E-state index in [0.717, 1.165) is 43.4 Å². The predicted molar refractivity (Wildman–Crippen MR) is 134 cm³/mol. The lowest BCUT2D eigenvalue weighted by molar-refractivity contribution is -0.141. The number of rotatable bonds is 6. The molecule has 1 N–H and O–H groups in total. The van der Waals surface area contributed by atoms with Gasteiger partial charge in [-0.15, -0.1) is 0 Å². The maximum atomic E-state index is 13.4. The molecule has 0 bridgehead atoms. The number of carbonyl (C=O) groups is 2. The molecule has 7 heteroatoms. The minimum absolute atomic E-state index is 0.0424. The zero-order valence-corrected chi connectivity index (χ0v) is 20.6. The van der Waals surface area contributed by atoms with E-state index in [1.54, 1.807) is 23.1 Å². The number of hydrogen-bond acceptors (Lipinski definition) is 5. The average Bonchev–Trinajstić information content (AvgIpc) is 3.11. The van der Waals surface area contributed by atoms with Crippen molar-refractivity contribution in [3.8, 4) is 5.75 Å². The van der Waals surface area contributed by atoms with Crippen LogP contribution in [0.1, 0.15) is 56.2 Å². The molecule has 2 aromatic carbocycles. The molecule has 180 valence electrons. The van der Waals surface area contributed by atoms with Crippen LogP contribution in [0.15, 0.2) is 48.0 Å². The molecule has 1 heterocycles. The molecule has 0 aromatic heterocycles. The Labute approximate surface area is 205 Å². The molecular formula is C27H31ClN2O4. The first-order valence-electron chi connectivity index (χ1n) is 11.8. The third kappa shape index (κ3) is 4.51. The number of Topliss-reactive ketones (excluding diaryl/α,β-unsaturated/α-hetero) is 1. The van der Waals surface area contributed by atoms with Crippen LogP contribution >= 0.6 is 11.6 Å². The summed E-state index contributed by atoms with van der Waals surface area (Å²) in [6.07, 6.45) is 4.85. The first-order chi connectivity index (χ1) is 16.3. The normalized spacial score (nSPS) is 20.6. The number of likely N-dealkylation sites (tertiary alicyclic amines) is 1. The monoisotopic (exact) mass is 482 g/mol. The van der Waals surface area contributed by atoms with Gasteiger partial charge in [-0.3, -0.25) is 9.59 Å². The highest BCUT2D eigenvalue weighted by Crippen LogP contribution is 2.44. The molecule has 2 aliphatic rings. The summed E-state index contributed by atoms with van der Waals surface area (Å²) >= 11 is 6.42. The van der Waals surface area contributed by atoms with Gasteiger partial charge in [-0.1, -0.05) is 43.0 Å². The van der Waals surface area contributed by atoms with Crippen molar-refractivity contribution in [2.75, 3.05) is 25.6 Å². The first kappa shape index (κ1) is 24.1. The third-order valence-corrected chi connectivity index (χ3v) is 7.01. The van der Waals surface area contributed by atoms with E-state index in [4.69, 9.17) is 16.3 Å². The molecule has 0 radical (unpaired) electrons. The van der Waals surface area contributed by atoms with Gasteiger partial charge in [0.1, 0.15) is 11.5 Å². The van der Waals surface area contributed by atoms with Crippen molar-refractivity contribution in [2.45, 2.75) is 51.1 Å². The van der Waals surface area contributed by atoms with Gasteiger partial charge in [-0.25, -0.2) is 0 Å². The summed E-state index contributed by atoms with van der Waals surface area (Å²) in [7, 11) is 3.91. The quantitative estimate of drug-likeness (QED) is 0.331. The van der Waals surface area contributed by atoms with Crippen LogP contribution in [0.25, 0.3) is 5.76 Å². The molecule has 1 amide bonds. The van der Waals surface area contributed by atoms with Crippen LogP contribution in [0.4, 0.5) is 5.69 Å². The van der Waals surface area contributed by atoms with Crippen molar-refractivity contribution in [1.82, 2.24) is 4.90 Å². The highest BCUT2D eigenvalue weighted by atomic mass is 35.5. The van der Waals surface area contributed by atoms with Crippen LogP contribution in [0, 0.1) is 0 Å². The topological polar surface area (TPSA) is 70.1 Å². The minimum atomic E-state index is -0.678. The Balaban J connectivity index is 1.87. The fourth-order valence-corrected chi connectivity index (χ4v) is 5.16. The molecule has 0 spiro atoms. The number of anilines is 1. The van der Waals surface area contributed by atoms with Crippen molar-refractivity contribution in [3.05, 3.63) is 64.2 Å². The van der Waals surface area contributed by atoms with E-state index < -0.39 is 17.7 Å². The number of carbonyl (C=O) groups excluding carboxylic acids is 2. The molecule has 1 atom stereocenters. The van der Waals surface area contributed by atoms with Gasteiger partial charge in [0.05, 0.1) is 23.2 Å². The van der Waals surface area contributed by atoms with Gasteiger partial charge in [-0.05, 0) is 55.7 Å². The molecule has 4 rings (SSSR count). The van der Waals surface area contributed by atoms with E-state index in [0.29, 0.717) is 12.4 Å². The van der Waals surface area contributed by atoms with Crippen molar-refractivity contribution in [2.24, 2.45) is 0 Å². The van der Waals surface area contributed by atoms with Crippen LogP contribution < -0.4 is 9.64 Å². The van der Waals surface area contributed by atoms with Crippen LogP contribution in [0.5, 0.6) is 5.75 Å². The summed E-state index contributed by atoms with van der Waals surface area (Å²) in [6.45, 7) is 2.31. The number of amides is 1. The number of ketones is 1. The molecule has 6 nitrogen and oxygen atoms in total. The van der Waals surface area contributed by atoms with Crippen molar-refractivity contribution in [1.29, 1.82) is 0 Å². The van der Waals surface area contributed by atoms with Crippen LogP contribution in [0.3, 0.4) is 0 Å². The second kappa shape index (κ2) is 10.1. The van der Waals surface area contributed by atoms with Gasteiger partial charge >= 0.3 is 0 Å². The number of ether oxygens (including phenoxy) is 1. The maximum Gasteiger partial charge on any atom is 0.295 e. The van der Waals surface area contributed by atoms with Gasteiger partial charge in [0.15, 0.2) is 0 Å². The second-order valence-electron chi connectivity index (χ2n) is 9.06. The first-order valence-corrected chi connectivity index (χ1v) is 12.2. The number of aliphatic hydroxyl groups excluding tert-OH is 1. The van der Waals surface area contributed by atoms with Crippen LogP contribution in [0.2, 0.25) is 5.02 Å². The van der Waals surface area contributed by atoms with Gasteiger partial charge < -0.3 is 19.6 Å². The largest absolute Gasteiger partial charge is 0.507 e. The summed E-state index contributed by atoms with van der Waals surface area (Å²) < 4.78 is 5.57. The van der Waals surface area contributed by atoms with Gasteiger partial charge in [0.25, 0.3) is 11.7 Å². The lowest BCUT2D eigenvalue weighted by atomic mass is 9.91. The molecule has 1 unspecified atom stereocenters. The fourth-order valence-electron chi connectivity index (χ4n) is 4.96. The molecule has 2 aromatic rings. The smallest absolute Gasteiger partial charge is 0.295 e. The summed E-state index contributed by atoms with van der Waals surface area (Å²) in [5, 5.41) is 11.7. The van der Waals surface area contributed by atoms with E-state index in [2.05, 4.69) is 0 Å². The molecule has 1 saturated carbocycles. The molecule has 1 aliphatic heterocycles. The average molecular weight is 483 g/mol. The Hall–Kier alpha value is -2.99. The van der Waals surface area contributed by atoms with E-state index >= 15 is 0 Å². The van der Waals surface area contributed by atoms with E-state index in [-0.39, 0.29) is 28.0 Å². The van der Waals surface area contributed by atoms with Crippen LogP contribution in [-0.2, 0) is 9.59 Å². The number of aliphatic hydroxyl groups is 1. The molecule has 34 heavy (non-hydrogen) atoms. The predicted octanol–water partition coefficient (Wildman–Crippen LogP) is 5.56. The van der Waals surface area contributed by atoms with Crippen molar-refractivity contribution in [3.63, 3.8) is 0 Å². The van der Waals surface area contributed by atoms with E-state index in [9.17, 15) is 14.7 Å². The Morgan fingerprint density at radius 1 is 1.09 bits per heavy atom. The molecule has 2 fully saturated rings. The highest BCUT2D eigenvalue weighted by molar-refractivity contribution is 6.47. The lowest BCUT2D eigenvalue weighted by Crippen LogP contribution is -2.40. The summed E-state index contributed by atoms with van der Waals surface area (Å²) in [6, 6.07) is 12.0. The van der Waals surface area contributed by atoms with Crippen molar-refractivity contribution < 1.29 is 19.4 Å². The second-order valence-corrected chi connectivity index (χ2v) is 9.47. The zero-order valence-electron chi connectivity index (χ0n) is 19.9. The van der Waals surface area contributed by atoms with Gasteiger partial charge in [-0.2, -0.15) is 0 Å². The van der Waals surface area contributed by atoms with Gasteiger partial charge in [0, 0.05) is 31.4 Å². The molecule has 1 aliphatic carbocycles. The summed E-state index contributed by atoms with van der Waals surface area (Å²) in [5.74, 6) is -0.985. The van der Waals surface area contributed by atoms with Crippen LogP contribution in [-0.4, -0.2) is 48.4 Å². The minimum Gasteiger partial charge on any atom is -0.507 e. The number of nitrogens with zero attached hydrogens (tertiary/aromatic N) is 2. The molecular weight excluding hydrogens is 452 g/mol. The third-order valence-electron chi connectivity index (χ3n) is 6.68. The lowest BCUT2D eigenvalue weighted by Gasteiger charge is -2.35. The van der Waals surface area contributed by atoms with Crippen molar-refractivity contribution >= 4 is 34.7 Å². The Bertz CT molecular complexity index is 1100.